The van der Waals surface area contributed by atoms with E-state index in [9.17, 15) is 0 Å². The second kappa shape index (κ2) is 5.84. The number of piperidine rings is 1. The Labute approximate surface area is 114 Å². The van der Waals surface area contributed by atoms with Crippen molar-refractivity contribution >= 4 is 5.82 Å². The van der Waals surface area contributed by atoms with E-state index < -0.39 is 0 Å². The van der Waals surface area contributed by atoms with Crippen LogP contribution in [0.4, 0.5) is 5.82 Å². The van der Waals surface area contributed by atoms with Gasteiger partial charge in [-0.05, 0) is 25.7 Å². The molecule has 0 radical (unpaired) electrons. The molecule has 1 saturated heterocycles. The van der Waals surface area contributed by atoms with Crippen molar-refractivity contribution in [3.63, 3.8) is 0 Å². The van der Waals surface area contributed by atoms with Crippen LogP contribution in [0.1, 0.15) is 31.4 Å². The van der Waals surface area contributed by atoms with Crippen molar-refractivity contribution in [3.05, 3.63) is 18.1 Å². The van der Waals surface area contributed by atoms with Crippen LogP contribution < -0.4 is 10.2 Å². The zero-order valence-electron chi connectivity index (χ0n) is 11.5. The lowest BCUT2D eigenvalue weighted by atomic mass is 10.1. The second-order valence-corrected chi connectivity index (χ2v) is 5.44. The molecule has 1 saturated carbocycles. The van der Waals surface area contributed by atoms with Crippen molar-refractivity contribution in [3.8, 4) is 0 Å². The zero-order valence-corrected chi connectivity index (χ0v) is 11.5. The molecular formula is C14H22N4O. The Morgan fingerprint density at radius 2 is 2.00 bits per heavy atom. The molecule has 2 aliphatic rings. The third-order valence-corrected chi connectivity index (χ3v) is 3.94. The predicted molar refractivity (Wildman–Crippen MR) is 74.1 cm³/mol. The van der Waals surface area contributed by atoms with E-state index in [0.29, 0.717) is 6.10 Å². The quantitative estimate of drug-likeness (QED) is 0.868. The first-order chi connectivity index (χ1) is 9.35. The maximum Gasteiger partial charge on any atom is 0.147 e. The minimum atomic E-state index is 0.409. The number of nitrogens with one attached hydrogen (secondary N) is 1. The number of methoxy groups -OCH3 is 1. The van der Waals surface area contributed by atoms with Gasteiger partial charge in [0.15, 0.2) is 0 Å². The maximum absolute atomic E-state index is 5.38. The molecule has 3 rings (SSSR count). The molecule has 1 aromatic rings. The van der Waals surface area contributed by atoms with E-state index in [-0.39, 0.29) is 0 Å². The summed E-state index contributed by atoms with van der Waals surface area (Å²) in [5.74, 6) is 0.990. The van der Waals surface area contributed by atoms with Gasteiger partial charge in [0.25, 0.3) is 0 Å². The van der Waals surface area contributed by atoms with Gasteiger partial charge < -0.3 is 15.0 Å². The molecular weight excluding hydrogens is 240 g/mol. The minimum Gasteiger partial charge on any atom is -0.381 e. The van der Waals surface area contributed by atoms with Gasteiger partial charge in [0, 0.05) is 32.8 Å². The van der Waals surface area contributed by atoms with E-state index in [4.69, 9.17) is 4.74 Å². The Morgan fingerprint density at radius 1 is 1.21 bits per heavy atom. The van der Waals surface area contributed by atoms with E-state index >= 15 is 0 Å². The number of rotatable bonds is 5. The molecule has 1 N–H and O–H groups in total. The monoisotopic (exact) mass is 262 g/mol. The van der Waals surface area contributed by atoms with Gasteiger partial charge >= 0.3 is 0 Å². The molecule has 5 nitrogen and oxygen atoms in total. The minimum absolute atomic E-state index is 0.409. The summed E-state index contributed by atoms with van der Waals surface area (Å²) < 4.78 is 5.38. The van der Waals surface area contributed by atoms with Crippen molar-refractivity contribution in [2.45, 2.75) is 44.4 Å². The van der Waals surface area contributed by atoms with E-state index in [1.165, 1.54) is 12.8 Å². The van der Waals surface area contributed by atoms with Crippen molar-refractivity contribution in [1.82, 2.24) is 15.3 Å². The largest absolute Gasteiger partial charge is 0.381 e. The molecule has 1 aromatic heterocycles. The SMILES string of the molecule is COC1CCN(c2cnc(CNC3CC3)cn2)CC1. The second-order valence-electron chi connectivity index (χ2n) is 5.44. The highest BCUT2D eigenvalue weighted by Crippen LogP contribution is 2.20. The van der Waals surface area contributed by atoms with Crippen molar-refractivity contribution in [2.75, 3.05) is 25.1 Å². The predicted octanol–water partition coefficient (Wildman–Crippen LogP) is 1.34. The number of nitrogens with zero attached hydrogens (tertiary/aromatic N) is 3. The van der Waals surface area contributed by atoms with E-state index in [1.807, 2.05) is 12.4 Å². The van der Waals surface area contributed by atoms with Gasteiger partial charge in [0.05, 0.1) is 24.2 Å². The van der Waals surface area contributed by atoms with Crippen molar-refractivity contribution in [1.29, 1.82) is 0 Å². The lowest BCUT2D eigenvalue weighted by Gasteiger charge is -2.31. The molecule has 1 aliphatic heterocycles. The van der Waals surface area contributed by atoms with E-state index in [1.54, 1.807) is 7.11 Å². The van der Waals surface area contributed by atoms with Gasteiger partial charge in [0.2, 0.25) is 0 Å². The first-order valence-electron chi connectivity index (χ1n) is 7.17. The molecule has 0 aromatic carbocycles. The van der Waals surface area contributed by atoms with Gasteiger partial charge in [-0.3, -0.25) is 4.98 Å². The molecule has 0 bridgehead atoms. The first-order valence-corrected chi connectivity index (χ1v) is 7.17. The lowest BCUT2D eigenvalue weighted by Crippen LogP contribution is -2.37. The fraction of sp³-hybridized carbons (Fsp3) is 0.714. The average molecular weight is 262 g/mol. The molecule has 0 atom stereocenters. The highest BCUT2D eigenvalue weighted by atomic mass is 16.5. The Bertz CT molecular complexity index is 396. The van der Waals surface area contributed by atoms with Crippen LogP contribution in [0.15, 0.2) is 12.4 Å². The van der Waals surface area contributed by atoms with Gasteiger partial charge in [-0.15, -0.1) is 0 Å². The summed E-state index contributed by atoms with van der Waals surface area (Å²) in [5, 5.41) is 3.45. The topological polar surface area (TPSA) is 50.3 Å². The molecule has 2 fully saturated rings. The standard InChI is InChI=1S/C14H22N4O/c1-19-13-4-6-18(7-5-13)14-10-16-12(9-17-14)8-15-11-2-3-11/h9-11,13,15H,2-8H2,1H3. The van der Waals surface area contributed by atoms with Crippen LogP contribution in [0.2, 0.25) is 0 Å². The maximum atomic E-state index is 5.38. The normalized spacial score (nSPS) is 20.8. The molecule has 104 valence electrons. The van der Waals surface area contributed by atoms with Crippen LogP contribution in [-0.4, -0.2) is 42.3 Å². The van der Waals surface area contributed by atoms with Gasteiger partial charge in [-0.1, -0.05) is 0 Å². The lowest BCUT2D eigenvalue weighted by molar-refractivity contribution is 0.0818. The Kier molecular flexibility index (Phi) is 3.94. The summed E-state index contributed by atoms with van der Waals surface area (Å²) in [6.45, 7) is 2.85. The van der Waals surface area contributed by atoms with Gasteiger partial charge in [-0.25, -0.2) is 4.98 Å². The molecule has 5 heteroatoms. The van der Waals surface area contributed by atoms with E-state index in [0.717, 1.165) is 50.0 Å². The van der Waals surface area contributed by atoms with Crippen LogP contribution in [0, 0.1) is 0 Å². The summed E-state index contributed by atoms with van der Waals surface area (Å²) in [6, 6.07) is 0.717. The third-order valence-electron chi connectivity index (χ3n) is 3.94. The molecule has 19 heavy (non-hydrogen) atoms. The fourth-order valence-corrected chi connectivity index (χ4v) is 2.46. The Balaban J connectivity index is 1.53. The summed E-state index contributed by atoms with van der Waals surface area (Å²) in [4.78, 5) is 11.3. The number of ether oxygens (including phenoxy) is 1. The van der Waals surface area contributed by atoms with Gasteiger partial charge in [0.1, 0.15) is 5.82 Å². The van der Waals surface area contributed by atoms with Crippen molar-refractivity contribution in [2.24, 2.45) is 0 Å². The van der Waals surface area contributed by atoms with Crippen molar-refractivity contribution < 1.29 is 4.74 Å². The smallest absolute Gasteiger partial charge is 0.147 e. The Morgan fingerprint density at radius 3 is 2.58 bits per heavy atom. The van der Waals surface area contributed by atoms with Crippen LogP contribution in [-0.2, 0) is 11.3 Å². The number of hydrogen-bond donors (Lipinski definition) is 1. The molecule has 0 unspecified atom stereocenters. The number of anilines is 1. The molecule has 0 amide bonds. The van der Waals surface area contributed by atoms with Crippen LogP contribution >= 0.6 is 0 Å². The summed E-state index contributed by atoms with van der Waals surface area (Å²) >= 11 is 0. The summed E-state index contributed by atoms with van der Waals surface area (Å²) in [5.41, 5.74) is 1.03. The highest BCUT2D eigenvalue weighted by Gasteiger charge is 2.21. The molecule has 0 spiro atoms. The Hall–Kier alpha value is -1.20. The van der Waals surface area contributed by atoms with Crippen LogP contribution in [0.5, 0.6) is 0 Å². The zero-order chi connectivity index (χ0) is 13.1. The van der Waals surface area contributed by atoms with E-state index in [2.05, 4.69) is 20.2 Å². The number of hydrogen-bond acceptors (Lipinski definition) is 5. The summed E-state index contributed by atoms with van der Waals surface area (Å²) in [7, 11) is 1.79. The van der Waals surface area contributed by atoms with Crippen LogP contribution in [0.25, 0.3) is 0 Å². The number of aromatic nitrogens is 2. The molecule has 2 heterocycles. The fourth-order valence-electron chi connectivity index (χ4n) is 2.46. The van der Waals surface area contributed by atoms with Gasteiger partial charge in [-0.2, -0.15) is 0 Å². The highest BCUT2D eigenvalue weighted by molar-refractivity contribution is 5.36. The third kappa shape index (κ3) is 3.42. The average Bonchev–Trinajstić information content (AvgIpc) is 3.30. The first kappa shape index (κ1) is 12.8. The molecule has 1 aliphatic carbocycles. The summed E-state index contributed by atoms with van der Waals surface area (Å²) in [6.07, 6.45) is 8.96. The van der Waals surface area contributed by atoms with Crippen LogP contribution in [0.3, 0.4) is 0 Å².